The van der Waals surface area contributed by atoms with Gasteiger partial charge in [0.1, 0.15) is 0 Å². The number of imide groups is 2. The Labute approximate surface area is 182 Å². The Hall–Kier alpha value is -4.59. The lowest BCUT2D eigenvalue weighted by molar-refractivity contribution is -0.123. The molecule has 0 aliphatic carbocycles. The van der Waals surface area contributed by atoms with Crippen LogP contribution in [0.15, 0.2) is 78.9 Å². The Morgan fingerprint density at radius 2 is 1.28 bits per heavy atom. The number of nitrogens with zero attached hydrogens (tertiary/aromatic N) is 1. The molecular formula is C24H16N2O6. The monoisotopic (exact) mass is 428 g/mol. The van der Waals surface area contributed by atoms with Crippen molar-refractivity contribution in [1.29, 1.82) is 0 Å². The second-order valence-corrected chi connectivity index (χ2v) is 6.86. The maximum atomic E-state index is 12.5. The second kappa shape index (κ2) is 8.65. The summed E-state index contributed by atoms with van der Waals surface area (Å²) in [5.41, 5.74) is 1.36. The first-order chi connectivity index (χ1) is 15.5. The van der Waals surface area contributed by atoms with Crippen LogP contribution in [0.2, 0.25) is 0 Å². The molecule has 0 radical (unpaired) electrons. The fourth-order valence-corrected chi connectivity index (χ4v) is 3.21. The molecule has 1 aliphatic heterocycles. The third-order valence-corrected chi connectivity index (χ3v) is 4.78. The number of hydrogen-bond acceptors (Lipinski definition) is 6. The summed E-state index contributed by atoms with van der Waals surface area (Å²) >= 11 is 0. The Bertz CT molecular complexity index is 1200. The van der Waals surface area contributed by atoms with Gasteiger partial charge in [-0.1, -0.05) is 30.3 Å². The lowest BCUT2D eigenvalue weighted by Crippen LogP contribution is -2.34. The molecule has 3 aromatic rings. The molecule has 8 nitrogen and oxygen atoms in total. The van der Waals surface area contributed by atoms with Gasteiger partial charge in [-0.15, -0.1) is 0 Å². The minimum atomic E-state index is -0.791. The van der Waals surface area contributed by atoms with E-state index in [-0.39, 0.29) is 5.56 Å². The Kier molecular flexibility index (Phi) is 5.59. The molecule has 0 saturated heterocycles. The van der Waals surface area contributed by atoms with Crippen LogP contribution in [0.1, 0.15) is 41.4 Å². The largest absolute Gasteiger partial charge is 0.452 e. The minimum absolute atomic E-state index is 0.118. The number of benzene rings is 3. The van der Waals surface area contributed by atoms with Gasteiger partial charge in [0.25, 0.3) is 23.6 Å². The van der Waals surface area contributed by atoms with E-state index in [2.05, 4.69) is 5.32 Å². The van der Waals surface area contributed by atoms with Crippen molar-refractivity contribution in [3.63, 3.8) is 0 Å². The molecule has 0 bridgehead atoms. The van der Waals surface area contributed by atoms with Gasteiger partial charge in [-0.3, -0.25) is 24.5 Å². The smallest absolute Gasteiger partial charge is 0.338 e. The fourth-order valence-electron chi connectivity index (χ4n) is 3.21. The maximum Gasteiger partial charge on any atom is 0.338 e. The molecule has 8 heteroatoms. The molecule has 3 aromatic carbocycles. The number of fused-ring (bicyclic) bond motifs is 1. The topological polar surface area (TPSA) is 110 Å². The highest BCUT2D eigenvalue weighted by atomic mass is 16.5. The summed E-state index contributed by atoms with van der Waals surface area (Å²) in [6, 6.07) is 20.3. The first-order valence-corrected chi connectivity index (χ1v) is 9.60. The lowest BCUT2D eigenvalue weighted by Gasteiger charge is -2.14. The van der Waals surface area contributed by atoms with Crippen LogP contribution in [0, 0.1) is 0 Å². The van der Waals surface area contributed by atoms with Crippen LogP contribution in [0.25, 0.3) is 0 Å². The molecule has 0 fully saturated rings. The van der Waals surface area contributed by atoms with Gasteiger partial charge in [-0.05, 0) is 48.5 Å². The van der Waals surface area contributed by atoms with Crippen LogP contribution in [0.4, 0.5) is 5.69 Å². The summed E-state index contributed by atoms with van der Waals surface area (Å²) in [6.07, 6.45) is 0. The van der Waals surface area contributed by atoms with Crippen LogP contribution < -0.4 is 10.2 Å². The van der Waals surface area contributed by atoms with E-state index in [4.69, 9.17) is 4.74 Å². The zero-order valence-electron chi connectivity index (χ0n) is 16.6. The zero-order valence-corrected chi connectivity index (χ0v) is 16.6. The molecular weight excluding hydrogens is 412 g/mol. The number of carbonyl (C=O) groups excluding carboxylic acids is 5. The van der Waals surface area contributed by atoms with Gasteiger partial charge < -0.3 is 4.74 Å². The van der Waals surface area contributed by atoms with Gasteiger partial charge in [0, 0.05) is 5.56 Å². The molecule has 4 amide bonds. The summed E-state index contributed by atoms with van der Waals surface area (Å²) in [6.45, 7) is -0.641. The highest BCUT2D eigenvalue weighted by Gasteiger charge is 2.36. The van der Waals surface area contributed by atoms with E-state index < -0.39 is 36.2 Å². The fraction of sp³-hybridized carbons (Fsp3) is 0.0417. The number of hydrogen-bond donors (Lipinski definition) is 1. The molecule has 0 aromatic heterocycles. The van der Waals surface area contributed by atoms with E-state index in [0.717, 1.165) is 4.90 Å². The Balaban J connectivity index is 1.36. The van der Waals surface area contributed by atoms with Gasteiger partial charge in [0.15, 0.2) is 6.61 Å². The van der Waals surface area contributed by atoms with E-state index in [0.29, 0.717) is 22.4 Å². The summed E-state index contributed by atoms with van der Waals surface area (Å²) in [5.74, 6) is -3.05. The number of amides is 4. The predicted octanol–water partition coefficient (Wildman–Crippen LogP) is 2.60. The summed E-state index contributed by atoms with van der Waals surface area (Å²) in [4.78, 5) is 62.1. The van der Waals surface area contributed by atoms with E-state index in [9.17, 15) is 24.0 Å². The summed E-state index contributed by atoms with van der Waals surface area (Å²) in [7, 11) is 0. The summed E-state index contributed by atoms with van der Waals surface area (Å²) < 4.78 is 4.93. The highest BCUT2D eigenvalue weighted by molar-refractivity contribution is 6.34. The van der Waals surface area contributed by atoms with E-state index in [1.165, 1.54) is 24.3 Å². The van der Waals surface area contributed by atoms with Crippen molar-refractivity contribution < 1.29 is 28.7 Å². The second-order valence-electron chi connectivity index (χ2n) is 6.86. The number of esters is 1. The van der Waals surface area contributed by atoms with Gasteiger partial charge in [0.2, 0.25) is 0 Å². The number of rotatable bonds is 5. The van der Waals surface area contributed by atoms with Crippen LogP contribution in [-0.4, -0.2) is 36.2 Å². The maximum absolute atomic E-state index is 12.5. The predicted molar refractivity (Wildman–Crippen MR) is 113 cm³/mol. The molecule has 0 unspecified atom stereocenters. The molecule has 32 heavy (non-hydrogen) atoms. The standard InChI is InChI=1S/C24H16N2O6/c27-20(25-21(28)15-6-2-1-3-7-15)14-32-24(31)16-10-12-17(13-11-16)26-22(29)18-8-4-5-9-19(18)23(26)30/h1-13H,14H2,(H,25,27,28). The molecule has 4 rings (SSSR count). The van der Waals surface area contributed by atoms with Crippen LogP contribution in [-0.2, 0) is 9.53 Å². The molecule has 0 spiro atoms. The van der Waals surface area contributed by atoms with Crippen molar-refractivity contribution in [1.82, 2.24) is 5.32 Å². The van der Waals surface area contributed by atoms with Crippen molar-refractivity contribution in [2.24, 2.45) is 0 Å². The van der Waals surface area contributed by atoms with Crippen molar-refractivity contribution in [3.8, 4) is 0 Å². The average molecular weight is 428 g/mol. The number of carbonyl (C=O) groups is 5. The zero-order chi connectivity index (χ0) is 22.7. The van der Waals surface area contributed by atoms with Gasteiger partial charge in [-0.2, -0.15) is 0 Å². The third-order valence-electron chi connectivity index (χ3n) is 4.78. The Morgan fingerprint density at radius 1 is 0.719 bits per heavy atom. The van der Waals surface area contributed by atoms with Crippen molar-refractivity contribution in [2.45, 2.75) is 0 Å². The normalized spacial score (nSPS) is 12.3. The first kappa shape index (κ1) is 20.7. The number of nitrogens with one attached hydrogen (secondary N) is 1. The van der Waals surface area contributed by atoms with Crippen LogP contribution in [0.3, 0.4) is 0 Å². The SMILES string of the molecule is O=C(COC(=O)c1ccc(N2C(=O)c3ccccc3C2=O)cc1)NC(=O)c1ccccc1. The van der Waals surface area contributed by atoms with E-state index >= 15 is 0 Å². The first-order valence-electron chi connectivity index (χ1n) is 9.60. The highest BCUT2D eigenvalue weighted by Crippen LogP contribution is 2.28. The van der Waals surface area contributed by atoms with Crippen molar-refractivity contribution >= 4 is 35.3 Å². The van der Waals surface area contributed by atoms with Crippen LogP contribution in [0.5, 0.6) is 0 Å². The average Bonchev–Trinajstić information content (AvgIpc) is 3.08. The van der Waals surface area contributed by atoms with E-state index in [1.807, 2.05) is 0 Å². The minimum Gasteiger partial charge on any atom is -0.452 e. The molecule has 1 heterocycles. The van der Waals surface area contributed by atoms with E-state index in [1.54, 1.807) is 54.6 Å². The van der Waals surface area contributed by atoms with Crippen molar-refractivity contribution in [3.05, 3.63) is 101 Å². The lowest BCUT2D eigenvalue weighted by atomic mass is 10.1. The van der Waals surface area contributed by atoms with Gasteiger partial charge in [0.05, 0.1) is 22.4 Å². The van der Waals surface area contributed by atoms with Crippen molar-refractivity contribution in [2.75, 3.05) is 11.5 Å². The third kappa shape index (κ3) is 4.01. The molecule has 158 valence electrons. The molecule has 0 saturated carbocycles. The molecule has 1 aliphatic rings. The summed E-state index contributed by atoms with van der Waals surface area (Å²) in [5, 5.41) is 2.13. The van der Waals surface area contributed by atoms with Gasteiger partial charge in [-0.25, -0.2) is 9.69 Å². The number of ether oxygens (including phenoxy) is 1. The molecule has 0 atom stereocenters. The quantitative estimate of drug-likeness (QED) is 0.494. The number of anilines is 1. The van der Waals surface area contributed by atoms with Gasteiger partial charge >= 0.3 is 5.97 Å². The molecule has 1 N–H and O–H groups in total. The van der Waals surface area contributed by atoms with Crippen LogP contribution >= 0.6 is 0 Å². The Morgan fingerprint density at radius 3 is 1.88 bits per heavy atom.